The highest BCUT2D eigenvalue weighted by atomic mass is 16.7. The highest BCUT2D eigenvalue weighted by Crippen LogP contribution is 2.23. The van der Waals surface area contributed by atoms with Gasteiger partial charge in [0.05, 0.1) is 19.8 Å². The number of carbonyl (C=O) groups is 1. The second-order valence-corrected chi connectivity index (χ2v) is 20.5. The van der Waals surface area contributed by atoms with Crippen molar-refractivity contribution in [3.63, 3.8) is 0 Å². The van der Waals surface area contributed by atoms with Crippen molar-refractivity contribution in [3.8, 4) is 0 Å². The average Bonchev–Trinajstić information content (AvgIpc) is 3.35. The van der Waals surface area contributed by atoms with Gasteiger partial charge in [-0.15, -0.1) is 0 Å². The Hall–Kier alpha value is -1.59. The highest BCUT2D eigenvalue weighted by molar-refractivity contribution is 5.69. The topological polar surface area (TPSA) is 135 Å². The summed E-state index contributed by atoms with van der Waals surface area (Å²) < 4.78 is 23.0. The number of aliphatic hydroxyl groups excluding tert-OH is 4. The first-order chi connectivity index (χ1) is 33.9. The number of aliphatic hydroxyl groups is 4. The molecule has 69 heavy (non-hydrogen) atoms. The van der Waals surface area contributed by atoms with Crippen LogP contribution in [0.15, 0.2) is 36.5 Å². The molecule has 9 nitrogen and oxygen atoms in total. The fourth-order valence-corrected chi connectivity index (χ4v) is 9.21. The summed E-state index contributed by atoms with van der Waals surface area (Å²) in [7, 11) is 0. The van der Waals surface area contributed by atoms with E-state index >= 15 is 0 Å². The zero-order chi connectivity index (χ0) is 49.9. The van der Waals surface area contributed by atoms with Gasteiger partial charge in [0.15, 0.2) is 6.29 Å². The third kappa shape index (κ3) is 41.6. The fraction of sp³-hybridized carbons (Fsp3) is 0.883. The first kappa shape index (κ1) is 65.4. The van der Waals surface area contributed by atoms with Gasteiger partial charge in [0.25, 0.3) is 0 Å². The van der Waals surface area contributed by atoms with E-state index in [0.717, 1.165) is 57.8 Å². The molecular weight excluding hydrogens is 865 g/mol. The summed E-state index contributed by atoms with van der Waals surface area (Å²) in [6, 6.07) is 0. The lowest BCUT2D eigenvalue weighted by Gasteiger charge is -2.39. The Balaban J connectivity index is 2.15. The van der Waals surface area contributed by atoms with E-state index in [1.165, 1.54) is 199 Å². The lowest BCUT2D eigenvalue weighted by Crippen LogP contribution is -2.59. The fourth-order valence-electron chi connectivity index (χ4n) is 9.21. The molecule has 0 aromatic rings. The van der Waals surface area contributed by atoms with Crippen molar-refractivity contribution in [2.24, 2.45) is 0 Å². The van der Waals surface area contributed by atoms with E-state index in [0.29, 0.717) is 13.0 Å². The number of hydrogen-bond acceptors (Lipinski definition) is 9. The smallest absolute Gasteiger partial charge is 0.306 e. The van der Waals surface area contributed by atoms with Crippen molar-refractivity contribution in [2.75, 3.05) is 26.4 Å². The molecule has 9 heteroatoms. The Bertz CT molecular complexity index is 1160. The number of ether oxygens (including phenoxy) is 4. The monoisotopic (exact) mass is 977 g/mol. The van der Waals surface area contributed by atoms with Crippen LogP contribution in [0.3, 0.4) is 0 Å². The van der Waals surface area contributed by atoms with E-state index in [-0.39, 0.29) is 19.2 Å². The van der Waals surface area contributed by atoms with Gasteiger partial charge in [0, 0.05) is 13.0 Å². The van der Waals surface area contributed by atoms with Gasteiger partial charge in [-0.2, -0.15) is 0 Å². The molecule has 1 heterocycles. The van der Waals surface area contributed by atoms with Crippen molar-refractivity contribution in [2.45, 2.75) is 314 Å². The number of unbranched alkanes of at least 4 members (excludes halogenated alkanes) is 35. The standard InChI is InChI=1S/C60H112O9/c1-3-5-7-9-11-13-15-17-19-21-23-25-27-28-29-31-33-35-37-39-41-43-45-47-49-56(62)68-54(53-67-60-59(65)58(64)57(63)55(51-61)69-60)52-66-50-48-46-44-42-40-38-36-34-32-30-26-24-22-20-18-16-14-12-10-8-6-4-2/h16,18,22,24,30,32,54-55,57-61,63-65H,3-15,17,19-21,23,25-29,31,33-53H2,1-2H3/b18-16-,24-22-,32-30-. The van der Waals surface area contributed by atoms with Gasteiger partial charge in [-0.25, -0.2) is 0 Å². The zero-order valence-corrected chi connectivity index (χ0v) is 45.1. The second-order valence-electron chi connectivity index (χ2n) is 20.5. The Morgan fingerprint density at radius 2 is 0.841 bits per heavy atom. The zero-order valence-electron chi connectivity index (χ0n) is 45.1. The quantitative estimate of drug-likeness (QED) is 0.0267. The predicted molar refractivity (Wildman–Crippen MR) is 288 cm³/mol. The van der Waals surface area contributed by atoms with E-state index in [9.17, 15) is 25.2 Å². The summed E-state index contributed by atoms with van der Waals surface area (Å²) in [5, 5.41) is 40.4. The molecule has 0 aromatic heterocycles. The molecular formula is C60H112O9. The van der Waals surface area contributed by atoms with Crippen LogP contribution in [0, 0.1) is 0 Å². The minimum Gasteiger partial charge on any atom is -0.457 e. The Morgan fingerprint density at radius 1 is 0.464 bits per heavy atom. The lowest BCUT2D eigenvalue weighted by molar-refractivity contribution is -0.305. The summed E-state index contributed by atoms with van der Waals surface area (Å²) in [5.74, 6) is -0.311. The Morgan fingerprint density at radius 3 is 1.26 bits per heavy atom. The maximum absolute atomic E-state index is 12.9. The Kier molecular flexibility index (Phi) is 48.7. The minimum atomic E-state index is -1.54. The van der Waals surface area contributed by atoms with Crippen LogP contribution < -0.4 is 0 Å². The summed E-state index contributed by atoms with van der Waals surface area (Å²) in [6.45, 7) is 4.58. The molecule has 1 fully saturated rings. The largest absolute Gasteiger partial charge is 0.457 e. The van der Waals surface area contributed by atoms with E-state index in [1.807, 2.05) is 0 Å². The van der Waals surface area contributed by atoms with Crippen molar-refractivity contribution < 1.29 is 44.2 Å². The molecule has 0 aromatic carbocycles. The van der Waals surface area contributed by atoms with Crippen molar-refractivity contribution >= 4 is 5.97 Å². The maximum atomic E-state index is 12.9. The van der Waals surface area contributed by atoms with Gasteiger partial charge in [-0.3, -0.25) is 4.79 Å². The van der Waals surface area contributed by atoms with Crippen LogP contribution in [-0.2, 0) is 23.7 Å². The molecule has 406 valence electrons. The van der Waals surface area contributed by atoms with E-state index in [2.05, 4.69) is 50.3 Å². The van der Waals surface area contributed by atoms with Gasteiger partial charge in [-0.05, 0) is 51.4 Å². The number of carbonyl (C=O) groups excluding carboxylic acids is 1. The normalized spacial score (nSPS) is 19.2. The molecule has 1 saturated heterocycles. The Labute approximate surface area is 425 Å². The van der Waals surface area contributed by atoms with E-state index < -0.39 is 43.4 Å². The molecule has 1 aliphatic heterocycles. The van der Waals surface area contributed by atoms with Crippen LogP contribution in [0.4, 0.5) is 0 Å². The van der Waals surface area contributed by atoms with Crippen LogP contribution in [-0.4, -0.2) is 89.6 Å². The number of rotatable bonds is 52. The SMILES string of the molecule is CCCCCCC/C=C\C/C=C\C/C=C\CCCCCCCCCOCC(COC1OC(CO)C(O)C(O)C1O)OC(=O)CCCCCCCCCCCCCCCCCCCCCCCCCC. The highest BCUT2D eigenvalue weighted by Gasteiger charge is 2.44. The molecule has 1 aliphatic rings. The summed E-state index contributed by atoms with van der Waals surface area (Å²) >= 11 is 0. The second kappa shape index (κ2) is 51.3. The van der Waals surface area contributed by atoms with Gasteiger partial charge < -0.3 is 39.4 Å². The van der Waals surface area contributed by atoms with Crippen LogP contribution in [0.2, 0.25) is 0 Å². The first-order valence-corrected chi connectivity index (χ1v) is 29.6. The molecule has 0 radical (unpaired) electrons. The molecule has 0 spiro atoms. The summed E-state index contributed by atoms with van der Waals surface area (Å²) in [5.41, 5.74) is 0. The number of esters is 1. The van der Waals surface area contributed by atoms with Gasteiger partial charge in [0.1, 0.15) is 30.5 Å². The van der Waals surface area contributed by atoms with Crippen molar-refractivity contribution in [1.29, 1.82) is 0 Å². The number of hydrogen-bond donors (Lipinski definition) is 4. The molecule has 0 amide bonds. The van der Waals surface area contributed by atoms with Gasteiger partial charge in [-0.1, -0.05) is 256 Å². The predicted octanol–water partition coefficient (Wildman–Crippen LogP) is 15.4. The maximum Gasteiger partial charge on any atom is 0.306 e. The van der Waals surface area contributed by atoms with Gasteiger partial charge >= 0.3 is 5.97 Å². The summed E-state index contributed by atoms with van der Waals surface area (Å²) in [4.78, 5) is 12.9. The molecule has 0 saturated carbocycles. The van der Waals surface area contributed by atoms with Crippen molar-refractivity contribution in [3.05, 3.63) is 36.5 Å². The molecule has 4 N–H and O–H groups in total. The third-order valence-corrected chi connectivity index (χ3v) is 13.8. The van der Waals surface area contributed by atoms with E-state index in [1.54, 1.807) is 0 Å². The van der Waals surface area contributed by atoms with Crippen LogP contribution in [0.25, 0.3) is 0 Å². The number of allylic oxidation sites excluding steroid dienone is 6. The molecule has 6 unspecified atom stereocenters. The molecule has 6 atom stereocenters. The van der Waals surface area contributed by atoms with Crippen LogP contribution >= 0.6 is 0 Å². The summed E-state index contributed by atoms with van der Waals surface area (Å²) in [6.07, 6.45) is 57.7. The van der Waals surface area contributed by atoms with Crippen molar-refractivity contribution in [1.82, 2.24) is 0 Å². The minimum absolute atomic E-state index is 0.114. The van der Waals surface area contributed by atoms with Crippen LogP contribution in [0.5, 0.6) is 0 Å². The molecule has 1 rings (SSSR count). The molecule has 0 aliphatic carbocycles. The molecule has 0 bridgehead atoms. The third-order valence-electron chi connectivity index (χ3n) is 13.8. The van der Waals surface area contributed by atoms with E-state index in [4.69, 9.17) is 18.9 Å². The first-order valence-electron chi connectivity index (χ1n) is 29.6. The van der Waals surface area contributed by atoms with Crippen LogP contribution in [0.1, 0.15) is 277 Å². The van der Waals surface area contributed by atoms with Gasteiger partial charge in [0.2, 0.25) is 0 Å². The average molecular weight is 978 g/mol. The lowest BCUT2D eigenvalue weighted by atomic mass is 9.99.